The first kappa shape index (κ1) is 11.7. The van der Waals surface area contributed by atoms with Crippen molar-refractivity contribution in [3.05, 3.63) is 30.6 Å². The molecular weight excluding hydrogens is 216 g/mol. The Morgan fingerprint density at radius 2 is 2.06 bits per heavy atom. The van der Waals surface area contributed by atoms with Gasteiger partial charge in [0.15, 0.2) is 5.82 Å². The summed E-state index contributed by atoms with van der Waals surface area (Å²) in [5.41, 5.74) is 0. The van der Waals surface area contributed by atoms with Gasteiger partial charge in [-0.05, 0) is 26.0 Å². The minimum atomic E-state index is 0.126. The highest BCUT2D eigenvalue weighted by atomic mass is 15.4. The Morgan fingerprint density at radius 3 is 2.76 bits per heavy atom. The maximum absolute atomic E-state index is 4.25. The minimum absolute atomic E-state index is 0.126. The second-order valence-corrected chi connectivity index (χ2v) is 3.75. The van der Waals surface area contributed by atoms with Crippen LogP contribution in [0.5, 0.6) is 0 Å². The number of hydrogen-bond acceptors (Lipinski definition) is 5. The predicted octanol–water partition coefficient (Wildman–Crippen LogP) is 1.12. The number of aromatic nitrogens is 5. The van der Waals surface area contributed by atoms with Gasteiger partial charge in [-0.2, -0.15) is 9.78 Å². The maximum Gasteiger partial charge on any atom is 0.252 e. The van der Waals surface area contributed by atoms with Crippen LogP contribution < -0.4 is 5.32 Å². The molecule has 0 amide bonds. The molecule has 0 fully saturated rings. The van der Waals surface area contributed by atoms with Crippen molar-refractivity contribution in [2.24, 2.45) is 0 Å². The van der Waals surface area contributed by atoms with Crippen molar-refractivity contribution in [3.8, 4) is 5.95 Å². The molecule has 0 aliphatic rings. The van der Waals surface area contributed by atoms with Crippen LogP contribution in [-0.2, 0) is 0 Å². The summed E-state index contributed by atoms with van der Waals surface area (Å²) in [5.74, 6) is 1.37. The molecule has 0 aliphatic carbocycles. The van der Waals surface area contributed by atoms with Crippen molar-refractivity contribution < 1.29 is 0 Å². The van der Waals surface area contributed by atoms with Crippen LogP contribution in [0.2, 0.25) is 0 Å². The Morgan fingerprint density at radius 1 is 1.29 bits per heavy atom. The normalized spacial score (nSPS) is 12.6. The second-order valence-electron chi connectivity index (χ2n) is 3.75. The molecule has 1 N–H and O–H groups in total. The van der Waals surface area contributed by atoms with Crippen molar-refractivity contribution in [2.45, 2.75) is 26.3 Å². The van der Waals surface area contributed by atoms with Crippen molar-refractivity contribution >= 4 is 0 Å². The van der Waals surface area contributed by atoms with Crippen LogP contribution in [0.3, 0.4) is 0 Å². The molecule has 2 rings (SSSR count). The van der Waals surface area contributed by atoms with Crippen LogP contribution in [0.15, 0.2) is 24.8 Å². The Bertz CT molecular complexity index is 452. The first-order chi connectivity index (χ1) is 8.33. The van der Waals surface area contributed by atoms with Gasteiger partial charge in [0.2, 0.25) is 0 Å². The van der Waals surface area contributed by atoms with E-state index in [0.717, 1.165) is 18.8 Å². The highest BCUT2D eigenvalue weighted by Crippen LogP contribution is 2.10. The highest BCUT2D eigenvalue weighted by Gasteiger charge is 2.14. The number of hydrogen-bond donors (Lipinski definition) is 1. The van der Waals surface area contributed by atoms with Crippen LogP contribution in [0, 0.1) is 0 Å². The van der Waals surface area contributed by atoms with E-state index in [1.54, 1.807) is 23.1 Å². The Labute approximate surface area is 100 Å². The molecule has 0 spiro atoms. The maximum atomic E-state index is 4.25. The van der Waals surface area contributed by atoms with Gasteiger partial charge in [0.25, 0.3) is 5.95 Å². The molecule has 6 heteroatoms. The van der Waals surface area contributed by atoms with Crippen molar-refractivity contribution in [2.75, 3.05) is 6.54 Å². The van der Waals surface area contributed by atoms with Gasteiger partial charge in [0, 0.05) is 12.4 Å². The molecule has 1 unspecified atom stereocenters. The van der Waals surface area contributed by atoms with Crippen LogP contribution in [0.25, 0.3) is 5.95 Å². The summed E-state index contributed by atoms with van der Waals surface area (Å²) in [4.78, 5) is 12.6. The lowest BCUT2D eigenvalue weighted by Gasteiger charge is -2.12. The Kier molecular flexibility index (Phi) is 3.77. The van der Waals surface area contributed by atoms with Crippen LogP contribution >= 0.6 is 0 Å². The summed E-state index contributed by atoms with van der Waals surface area (Å²) in [7, 11) is 0. The van der Waals surface area contributed by atoms with E-state index in [-0.39, 0.29) is 6.04 Å². The molecule has 0 bridgehead atoms. The molecule has 0 aliphatic heterocycles. The first-order valence-electron chi connectivity index (χ1n) is 5.73. The molecule has 0 saturated carbocycles. The van der Waals surface area contributed by atoms with Gasteiger partial charge in [-0.15, -0.1) is 0 Å². The standard InChI is InChI=1S/C11H16N6/c1-3-5-12-9(2)10-15-8-16-17(10)11-13-6-4-7-14-11/h4,6-9,12H,3,5H2,1-2H3. The third kappa shape index (κ3) is 2.65. The fourth-order valence-electron chi connectivity index (χ4n) is 1.55. The molecule has 1 atom stereocenters. The van der Waals surface area contributed by atoms with Crippen molar-refractivity contribution in [1.82, 2.24) is 30.0 Å². The number of nitrogens with zero attached hydrogens (tertiary/aromatic N) is 5. The largest absolute Gasteiger partial charge is 0.308 e. The second kappa shape index (κ2) is 5.49. The number of nitrogens with one attached hydrogen (secondary N) is 1. The SMILES string of the molecule is CCCNC(C)c1ncnn1-c1ncccn1. The third-order valence-corrected chi connectivity index (χ3v) is 2.40. The van der Waals surface area contributed by atoms with Gasteiger partial charge in [0.1, 0.15) is 6.33 Å². The number of rotatable bonds is 5. The fourth-order valence-corrected chi connectivity index (χ4v) is 1.55. The van der Waals surface area contributed by atoms with Crippen molar-refractivity contribution in [1.29, 1.82) is 0 Å². The summed E-state index contributed by atoms with van der Waals surface area (Å²) in [6.45, 7) is 5.13. The zero-order valence-electron chi connectivity index (χ0n) is 10.0. The topological polar surface area (TPSA) is 68.5 Å². The molecule has 0 aromatic carbocycles. The van der Waals surface area contributed by atoms with Gasteiger partial charge in [-0.3, -0.25) is 0 Å². The molecule has 2 aromatic heterocycles. The van der Waals surface area contributed by atoms with Gasteiger partial charge in [0.05, 0.1) is 6.04 Å². The summed E-state index contributed by atoms with van der Waals surface area (Å²) >= 11 is 0. The average Bonchev–Trinajstić information content (AvgIpc) is 2.86. The predicted molar refractivity (Wildman–Crippen MR) is 63.7 cm³/mol. The lowest BCUT2D eigenvalue weighted by atomic mass is 10.3. The molecule has 17 heavy (non-hydrogen) atoms. The molecular formula is C11H16N6. The first-order valence-corrected chi connectivity index (χ1v) is 5.73. The van der Waals surface area contributed by atoms with E-state index in [1.807, 2.05) is 0 Å². The Balaban J connectivity index is 2.23. The van der Waals surface area contributed by atoms with Gasteiger partial charge in [-0.1, -0.05) is 6.92 Å². The summed E-state index contributed by atoms with van der Waals surface area (Å²) in [6.07, 6.45) is 5.99. The molecule has 0 saturated heterocycles. The Hall–Kier alpha value is -1.82. The minimum Gasteiger partial charge on any atom is -0.308 e. The molecule has 2 heterocycles. The van der Waals surface area contributed by atoms with E-state index < -0.39 is 0 Å². The molecule has 90 valence electrons. The quantitative estimate of drug-likeness (QED) is 0.836. The molecule has 0 radical (unpaired) electrons. The van der Waals surface area contributed by atoms with Gasteiger partial charge < -0.3 is 5.32 Å². The van der Waals surface area contributed by atoms with Gasteiger partial charge in [-0.25, -0.2) is 15.0 Å². The zero-order chi connectivity index (χ0) is 12.1. The zero-order valence-corrected chi connectivity index (χ0v) is 10.0. The molecule has 6 nitrogen and oxygen atoms in total. The van der Waals surface area contributed by atoms with E-state index >= 15 is 0 Å². The monoisotopic (exact) mass is 232 g/mol. The van der Waals surface area contributed by atoms with Crippen LogP contribution in [0.4, 0.5) is 0 Å². The smallest absolute Gasteiger partial charge is 0.252 e. The third-order valence-electron chi connectivity index (χ3n) is 2.40. The summed E-state index contributed by atoms with van der Waals surface area (Å²) < 4.78 is 1.66. The summed E-state index contributed by atoms with van der Waals surface area (Å²) in [5, 5.41) is 7.52. The average molecular weight is 232 g/mol. The van der Waals surface area contributed by atoms with E-state index in [1.165, 1.54) is 6.33 Å². The van der Waals surface area contributed by atoms with E-state index in [0.29, 0.717) is 5.95 Å². The van der Waals surface area contributed by atoms with Gasteiger partial charge >= 0.3 is 0 Å². The lowest BCUT2D eigenvalue weighted by molar-refractivity contribution is 0.527. The van der Waals surface area contributed by atoms with E-state index in [4.69, 9.17) is 0 Å². The molecule has 2 aromatic rings. The van der Waals surface area contributed by atoms with Crippen LogP contribution in [0.1, 0.15) is 32.1 Å². The lowest BCUT2D eigenvalue weighted by Crippen LogP contribution is -2.23. The van der Waals surface area contributed by atoms with E-state index in [2.05, 4.69) is 39.2 Å². The van der Waals surface area contributed by atoms with E-state index in [9.17, 15) is 0 Å². The fraction of sp³-hybridized carbons (Fsp3) is 0.455. The van der Waals surface area contributed by atoms with Crippen molar-refractivity contribution in [3.63, 3.8) is 0 Å². The van der Waals surface area contributed by atoms with Crippen LogP contribution in [-0.4, -0.2) is 31.3 Å². The summed E-state index contributed by atoms with van der Waals surface area (Å²) in [6, 6.07) is 1.90. The highest BCUT2D eigenvalue weighted by molar-refractivity contribution is 5.11.